The lowest BCUT2D eigenvalue weighted by atomic mass is 9.82. The highest BCUT2D eigenvalue weighted by Crippen LogP contribution is 2.53. The third-order valence-electron chi connectivity index (χ3n) is 28.2. The van der Waals surface area contributed by atoms with Gasteiger partial charge in [0, 0.05) is 126 Å². The van der Waals surface area contributed by atoms with E-state index in [2.05, 4.69) is 576 Å². The summed E-state index contributed by atoms with van der Waals surface area (Å²) in [5, 5.41) is 12.9. The number of rotatable bonds is 16. The molecule has 4 heterocycles. The van der Waals surface area contributed by atoms with Crippen molar-refractivity contribution in [1.82, 2.24) is 13.7 Å². The van der Waals surface area contributed by atoms with Crippen molar-refractivity contribution in [3.05, 3.63) is 545 Å². The third kappa shape index (κ3) is 15.2. The molecule has 26 aromatic rings. The zero-order chi connectivity index (χ0) is 93.1. The van der Waals surface area contributed by atoms with E-state index in [1.807, 2.05) is 11.3 Å². The number of thiophene rings is 1. The molecule has 0 fully saturated rings. The molecule has 0 N–H and O–H groups in total. The zero-order valence-corrected chi connectivity index (χ0v) is 78.2. The summed E-state index contributed by atoms with van der Waals surface area (Å²) in [6.45, 7) is 4.71. The summed E-state index contributed by atoms with van der Waals surface area (Å²) in [4.78, 5) is 6.92. The quantitative estimate of drug-likeness (QED) is 0.0964. The fourth-order valence-electron chi connectivity index (χ4n) is 21.4. The van der Waals surface area contributed by atoms with Crippen molar-refractivity contribution in [1.29, 1.82) is 0 Å². The summed E-state index contributed by atoms with van der Waals surface area (Å²) in [5.41, 5.74) is 36.2. The minimum Gasteiger partial charge on any atom is -0.311 e. The smallest absolute Gasteiger partial charge is 0.0555 e. The van der Waals surface area contributed by atoms with E-state index in [9.17, 15) is 0 Å². The first-order valence-corrected chi connectivity index (χ1v) is 48.9. The van der Waals surface area contributed by atoms with Crippen LogP contribution in [0.5, 0.6) is 0 Å². The van der Waals surface area contributed by atoms with Gasteiger partial charge in [-0.1, -0.05) is 341 Å². The maximum atomic E-state index is 2.45. The van der Waals surface area contributed by atoms with E-state index < -0.39 is 0 Å². The van der Waals surface area contributed by atoms with Crippen LogP contribution in [0.25, 0.3) is 169 Å². The summed E-state index contributed by atoms with van der Waals surface area (Å²) in [5.74, 6) is 0. The van der Waals surface area contributed by atoms with Gasteiger partial charge in [-0.25, -0.2) is 0 Å². The normalized spacial score (nSPS) is 12.0. The van der Waals surface area contributed by atoms with Crippen LogP contribution in [-0.4, -0.2) is 13.7 Å². The number of anilines is 9. The molecule has 0 aliphatic heterocycles. The molecule has 6 nitrogen and oxygen atoms in total. The monoisotopic (exact) mass is 1810 g/mol. The van der Waals surface area contributed by atoms with Crippen LogP contribution in [0.4, 0.5) is 51.2 Å². The van der Waals surface area contributed by atoms with Crippen molar-refractivity contribution >= 4 is 159 Å². The molecular weight excluding hydrogens is 1710 g/mol. The second-order valence-electron chi connectivity index (χ2n) is 36.7. The maximum absolute atomic E-state index is 2.45. The number of para-hydroxylation sites is 9. The molecule has 1 aliphatic carbocycles. The second-order valence-corrected chi connectivity index (χ2v) is 37.7. The number of hydrogen-bond acceptors (Lipinski definition) is 4. The van der Waals surface area contributed by atoms with Gasteiger partial charge in [-0.15, -0.1) is 11.3 Å². The first kappa shape index (κ1) is 83.9. The van der Waals surface area contributed by atoms with Crippen LogP contribution in [0.3, 0.4) is 0 Å². The van der Waals surface area contributed by atoms with Gasteiger partial charge in [0.1, 0.15) is 0 Å². The Morgan fingerprint density at radius 1 is 0.186 bits per heavy atom. The number of aromatic nitrogens is 3. The van der Waals surface area contributed by atoms with Crippen molar-refractivity contribution in [3.8, 4) is 72.7 Å². The highest BCUT2D eigenvalue weighted by atomic mass is 32.1. The number of nitrogens with zero attached hydrogens (tertiary/aromatic N) is 6. The minimum absolute atomic E-state index is 0.0476. The Morgan fingerprint density at radius 2 is 0.507 bits per heavy atom. The van der Waals surface area contributed by atoms with Gasteiger partial charge in [0.15, 0.2) is 0 Å². The van der Waals surface area contributed by atoms with E-state index in [4.69, 9.17) is 0 Å². The number of benzene rings is 22. The Morgan fingerprint density at radius 3 is 0.993 bits per heavy atom. The van der Waals surface area contributed by atoms with Crippen molar-refractivity contribution in [2.24, 2.45) is 0 Å². The molecule has 7 heteroatoms. The van der Waals surface area contributed by atoms with Crippen LogP contribution in [0.1, 0.15) is 25.0 Å². The van der Waals surface area contributed by atoms with Crippen molar-refractivity contribution in [2.75, 3.05) is 14.7 Å². The average molecular weight is 1810 g/mol. The fraction of sp³-hybridized carbons (Fsp3) is 0.0226. The van der Waals surface area contributed by atoms with Gasteiger partial charge >= 0.3 is 0 Å². The Hall–Kier alpha value is -17.9. The van der Waals surface area contributed by atoms with E-state index in [0.29, 0.717) is 0 Å². The summed E-state index contributed by atoms with van der Waals surface area (Å²) in [7, 11) is 0. The Labute approximate surface area is 818 Å². The highest BCUT2D eigenvalue weighted by Gasteiger charge is 2.37. The van der Waals surface area contributed by atoms with Crippen LogP contribution in [0.2, 0.25) is 0 Å². The number of fused-ring (bicyclic) bond motifs is 17. The lowest BCUT2D eigenvalue weighted by Crippen LogP contribution is -2.14. The van der Waals surface area contributed by atoms with Crippen LogP contribution >= 0.6 is 11.3 Å². The van der Waals surface area contributed by atoms with E-state index in [1.54, 1.807) is 0 Å². The van der Waals surface area contributed by atoms with Gasteiger partial charge in [0.05, 0.1) is 33.1 Å². The molecule has 1 aliphatic rings. The molecule has 0 saturated carbocycles. The molecule has 0 spiro atoms. The average Bonchev–Trinajstić information content (AvgIpc) is 1.56. The van der Waals surface area contributed by atoms with Gasteiger partial charge in [0.2, 0.25) is 0 Å². The molecule has 0 unspecified atom stereocenters. The first-order valence-electron chi connectivity index (χ1n) is 48.1. The topological polar surface area (TPSA) is 24.5 Å². The van der Waals surface area contributed by atoms with Crippen LogP contribution in [0, 0.1) is 0 Å². The van der Waals surface area contributed by atoms with Gasteiger partial charge in [-0.05, 0) is 284 Å². The lowest BCUT2D eigenvalue weighted by Gasteiger charge is -2.26. The lowest BCUT2D eigenvalue weighted by molar-refractivity contribution is 0.661. The summed E-state index contributed by atoms with van der Waals surface area (Å²) >= 11 is 1.90. The molecular formula is C133H94N6S. The molecule has 0 atom stereocenters. The predicted molar refractivity (Wildman–Crippen MR) is 596 cm³/mol. The summed E-state index contributed by atoms with van der Waals surface area (Å²) in [6.07, 6.45) is 0. The van der Waals surface area contributed by atoms with E-state index in [0.717, 1.165) is 51.2 Å². The van der Waals surface area contributed by atoms with Crippen molar-refractivity contribution in [3.63, 3.8) is 0 Å². The first-order chi connectivity index (χ1) is 69.2. The molecule has 22 aromatic carbocycles. The van der Waals surface area contributed by atoms with Gasteiger partial charge < -0.3 is 28.4 Å². The summed E-state index contributed by atoms with van der Waals surface area (Å²) < 4.78 is 9.91. The second kappa shape index (κ2) is 35.7. The molecule has 0 saturated heterocycles. The van der Waals surface area contributed by atoms with Crippen LogP contribution in [-0.2, 0) is 5.41 Å². The van der Waals surface area contributed by atoms with E-state index >= 15 is 0 Å². The Kier molecular flexibility index (Phi) is 21.4. The van der Waals surface area contributed by atoms with Gasteiger partial charge in [-0.2, -0.15) is 0 Å². The van der Waals surface area contributed by atoms with E-state index in [1.165, 1.54) is 180 Å². The highest BCUT2D eigenvalue weighted by molar-refractivity contribution is 7.26. The van der Waals surface area contributed by atoms with Crippen molar-refractivity contribution < 1.29 is 0 Å². The van der Waals surface area contributed by atoms with E-state index in [-0.39, 0.29) is 5.41 Å². The van der Waals surface area contributed by atoms with Crippen LogP contribution < -0.4 is 14.7 Å². The van der Waals surface area contributed by atoms with Crippen LogP contribution in [0.15, 0.2) is 534 Å². The fourth-order valence-corrected chi connectivity index (χ4v) is 22.6. The summed E-state index contributed by atoms with van der Waals surface area (Å²) in [6, 6.07) is 193. The third-order valence-corrected chi connectivity index (χ3v) is 29.4. The standard InChI is InChI=1S/C46H32N2.C45H34N2.C42H28N2S/c1-3-13-39(14-4-1)47(41-26-21-34(22-27-41)37-20-19-33-11-7-8-12-36(33)31-37)42-28-23-35(24-29-42)38-25-30-46-44(32-38)43-17-9-10-18-45(43)48(46)40-15-5-2-6-16-40;1-45(2)41-19-11-9-17-37(41)39-29-40-38-18-10-12-20-43(38)47(44(40)30-42(39)45)36-27-23-32(24-28-36)31-21-25-35(26-22-31)46(33-13-5-3-6-14-33)34-15-7-4-8-16-34;1-3-11-31(12-4-1)43(32-13-5-2-6-14-32)33-23-19-29(20-24-33)30-21-25-34(26-22-30)44-38-17-9-7-16-37(38)41-39(44)28-27-36-35-15-8-10-18-40(35)45-42(36)41/h1-32H;3-30H,1-2H3;1-28H. The van der Waals surface area contributed by atoms with Gasteiger partial charge in [-0.3, -0.25) is 0 Å². The molecule has 662 valence electrons. The molecule has 4 aromatic heterocycles. The maximum Gasteiger partial charge on any atom is 0.0555 e. The minimum atomic E-state index is -0.0476. The van der Waals surface area contributed by atoms with Crippen molar-refractivity contribution in [2.45, 2.75) is 19.3 Å². The molecule has 27 rings (SSSR count). The molecule has 0 amide bonds. The number of hydrogen-bond donors (Lipinski definition) is 0. The molecule has 0 bridgehead atoms. The Balaban J connectivity index is 0.000000111. The molecule has 0 radical (unpaired) electrons. The zero-order valence-electron chi connectivity index (χ0n) is 77.4. The van der Waals surface area contributed by atoms with Gasteiger partial charge in [0.25, 0.3) is 0 Å². The Bertz CT molecular complexity index is 8990. The predicted octanol–water partition coefficient (Wildman–Crippen LogP) is 37.3. The largest absolute Gasteiger partial charge is 0.311 e. The SMILES string of the molecule is CC1(C)c2ccccc2-c2cc3c4ccccc4n(-c4ccc(-c5ccc(N(c6ccccc6)c6ccccc6)cc5)cc4)c3cc21.c1ccc(N(c2ccc(-c3ccc4ccccc4c3)cc2)c2ccc(-c3ccc4c(c3)c3ccccc3n4-c3ccccc3)cc2)cc1.c1ccc(N(c2ccccc2)c2ccc(-c3ccc(-n4c5ccccc5c5c6sc7ccccc7c6ccc54)cc3)cc2)cc1. The molecule has 140 heavy (non-hydrogen) atoms.